The summed E-state index contributed by atoms with van der Waals surface area (Å²) in [6.45, 7) is 10.0. The van der Waals surface area contributed by atoms with Crippen LogP contribution in [0.1, 0.15) is 45.3 Å². The Morgan fingerprint density at radius 2 is 1.95 bits per heavy atom. The highest BCUT2D eigenvalue weighted by Gasteiger charge is 2.23. The highest BCUT2D eigenvalue weighted by molar-refractivity contribution is 5.85. The molecule has 1 aromatic heterocycles. The minimum absolute atomic E-state index is 0. The molecule has 0 bridgehead atoms. The summed E-state index contributed by atoms with van der Waals surface area (Å²) in [6, 6.07) is 0. The molecule has 0 saturated carbocycles. The average molecular weight is 289 g/mol. The van der Waals surface area contributed by atoms with Crippen molar-refractivity contribution in [2.24, 2.45) is 11.7 Å². The number of halogens is 1. The van der Waals surface area contributed by atoms with Gasteiger partial charge in [0.05, 0.1) is 6.54 Å². The van der Waals surface area contributed by atoms with E-state index in [1.165, 1.54) is 12.8 Å². The van der Waals surface area contributed by atoms with Gasteiger partial charge in [-0.3, -0.25) is 4.90 Å². The van der Waals surface area contributed by atoms with Gasteiger partial charge in [-0.25, -0.2) is 0 Å². The predicted octanol–water partition coefficient (Wildman–Crippen LogP) is 1.96. The van der Waals surface area contributed by atoms with E-state index in [0.717, 1.165) is 32.0 Å². The van der Waals surface area contributed by atoms with Gasteiger partial charge in [0, 0.05) is 5.41 Å². The summed E-state index contributed by atoms with van der Waals surface area (Å²) in [5.74, 6) is 2.21. The number of nitrogens with zero attached hydrogens (tertiary/aromatic N) is 3. The Labute approximate surface area is 121 Å². The largest absolute Gasteiger partial charge is 0.339 e. The summed E-state index contributed by atoms with van der Waals surface area (Å²) in [6.07, 6.45) is 2.36. The smallest absolute Gasteiger partial charge is 0.232 e. The van der Waals surface area contributed by atoms with Crippen molar-refractivity contribution in [3.63, 3.8) is 0 Å². The molecule has 1 fully saturated rings. The van der Waals surface area contributed by atoms with Crippen molar-refractivity contribution in [1.82, 2.24) is 15.0 Å². The van der Waals surface area contributed by atoms with Crippen molar-refractivity contribution in [3.8, 4) is 0 Å². The first-order chi connectivity index (χ1) is 8.49. The van der Waals surface area contributed by atoms with Crippen LogP contribution in [0.5, 0.6) is 0 Å². The van der Waals surface area contributed by atoms with Gasteiger partial charge in [-0.2, -0.15) is 4.98 Å². The van der Waals surface area contributed by atoms with Crippen LogP contribution in [0.25, 0.3) is 0 Å². The van der Waals surface area contributed by atoms with Crippen molar-refractivity contribution in [2.75, 3.05) is 19.6 Å². The van der Waals surface area contributed by atoms with Crippen molar-refractivity contribution in [1.29, 1.82) is 0 Å². The molecule has 1 saturated heterocycles. The molecule has 0 aliphatic carbocycles. The van der Waals surface area contributed by atoms with Gasteiger partial charge >= 0.3 is 0 Å². The van der Waals surface area contributed by atoms with Crippen LogP contribution in [-0.4, -0.2) is 34.7 Å². The summed E-state index contributed by atoms with van der Waals surface area (Å²) in [5.41, 5.74) is 5.62. The van der Waals surface area contributed by atoms with Crippen LogP contribution in [0.15, 0.2) is 4.52 Å². The second-order valence-corrected chi connectivity index (χ2v) is 6.22. The lowest BCUT2D eigenvalue weighted by atomic mass is 9.97. The summed E-state index contributed by atoms with van der Waals surface area (Å²) in [5, 5.41) is 4.06. The van der Waals surface area contributed by atoms with Gasteiger partial charge in [-0.05, 0) is 38.4 Å². The van der Waals surface area contributed by atoms with Crippen molar-refractivity contribution in [2.45, 2.75) is 45.6 Å². The van der Waals surface area contributed by atoms with Crippen LogP contribution >= 0.6 is 12.4 Å². The van der Waals surface area contributed by atoms with Crippen LogP contribution in [-0.2, 0) is 12.0 Å². The molecule has 1 aliphatic heterocycles. The molecule has 2 heterocycles. The standard InChI is InChI=1S/C13H24N4O.ClH/c1-13(2,3)12-15-11(16-18-12)9-17-6-4-10(8-14)5-7-17;/h10H,4-9,14H2,1-3H3;1H. The van der Waals surface area contributed by atoms with E-state index in [2.05, 4.69) is 35.8 Å². The zero-order valence-electron chi connectivity index (χ0n) is 12.1. The molecule has 2 N–H and O–H groups in total. The Morgan fingerprint density at radius 3 is 2.42 bits per heavy atom. The third-order valence-corrected chi connectivity index (χ3v) is 3.52. The number of piperidine rings is 1. The van der Waals surface area contributed by atoms with E-state index in [0.29, 0.717) is 11.8 Å². The molecule has 5 nitrogen and oxygen atoms in total. The van der Waals surface area contributed by atoms with Crippen LogP contribution in [0, 0.1) is 5.92 Å². The van der Waals surface area contributed by atoms with E-state index in [1.807, 2.05) is 0 Å². The fourth-order valence-corrected chi connectivity index (χ4v) is 2.20. The van der Waals surface area contributed by atoms with E-state index in [1.54, 1.807) is 0 Å². The van der Waals surface area contributed by atoms with Crippen molar-refractivity contribution >= 4 is 12.4 Å². The number of hydrogen-bond donors (Lipinski definition) is 1. The van der Waals surface area contributed by atoms with Gasteiger partial charge in [0.15, 0.2) is 5.82 Å². The van der Waals surface area contributed by atoms with Crippen molar-refractivity contribution < 1.29 is 4.52 Å². The predicted molar refractivity (Wildman–Crippen MR) is 77.3 cm³/mol. The molecular formula is C13H25ClN4O. The van der Waals surface area contributed by atoms with Crippen LogP contribution in [0.2, 0.25) is 0 Å². The molecule has 0 spiro atoms. The molecule has 0 amide bonds. The highest BCUT2D eigenvalue weighted by Crippen LogP contribution is 2.21. The summed E-state index contributed by atoms with van der Waals surface area (Å²) in [4.78, 5) is 6.85. The lowest BCUT2D eigenvalue weighted by molar-refractivity contribution is 0.175. The first-order valence-corrected chi connectivity index (χ1v) is 6.74. The Balaban J connectivity index is 0.00000180. The maximum absolute atomic E-state index is 5.69. The van der Waals surface area contributed by atoms with Crippen LogP contribution < -0.4 is 5.73 Å². The number of rotatable bonds is 3. The van der Waals surface area contributed by atoms with Gasteiger partial charge in [-0.15, -0.1) is 12.4 Å². The molecule has 1 aromatic rings. The molecule has 6 heteroatoms. The van der Waals surface area contributed by atoms with Crippen molar-refractivity contribution in [3.05, 3.63) is 11.7 Å². The molecule has 0 unspecified atom stereocenters. The van der Waals surface area contributed by atoms with E-state index >= 15 is 0 Å². The number of hydrogen-bond acceptors (Lipinski definition) is 5. The van der Waals surface area contributed by atoms with E-state index < -0.39 is 0 Å². The fourth-order valence-electron chi connectivity index (χ4n) is 2.20. The zero-order chi connectivity index (χ0) is 13.2. The maximum atomic E-state index is 5.69. The fraction of sp³-hybridized carbons (Fsp3) is 0.846. The topological polar surface area (TPSA) is 68.2 Å². The number of aromatic nitrogens is 2. The van der Waals surface area contributed by atoms with Gasteiger partial charge in [0.25, 0.3) is 0 Å². The van der Waals surface area contributed by atoms with Gasteiger partial charge in [0.1, 0.15) is 0 Å². The quantitative estimate of drug-likeness (QED) is 0.921. The second kappa shape index (κ2) is 6.68. The Bertz CT molecular complexity index is 380. The van der Waals surface area contributed by atoms with E-state index in [9.17, 15) is 0 Å². The highest BCUT2D eigenvalue weighted by atomic mass is 35.5. The second-order valence-electron chi connectivity index (χ2n) is 6.22. The maximum Gasteiger partial charge on any atom is 0.232 e. The zero-order valence-corrected chi connectivity index (χ0v) is 12.9. The third kappa shape index (κ3) is 4.44. The van der Waals surface area contributed by atoms with Crippen LogP contribution in [0.4, 0.5) is 0 Å². The summed E-state index contributed by atoms with van der Waals surface area (Å²) in [7, 11) is 0. The molecule has 0 radical (unpaired) electrons. The Morgan fingerprint density at radius 1 is 1.32 bits per heavy atom. The SMILES string of the molecule is CC(C)(C)c1nc(CN2CCC(CN)CC2)no1.Cl. The van der Waals surface area contributed by atoms with Gasteiger partial charge in [0.2, 0.25) is 5.89 Å². The lowest BCUT2D eigenvalue weighted by Gasteiger charge is -2.30. The minimum atomic E-state index is -0.0716. The molecule has 0 atom stereocenters. The molecule has 110 valence electrons. The molecular weight excluding hydrogens is 264 g/mol. The Hall–Kier alpha value is -0.650. The van der Waals surface area contributed by atoms with Crippen LogP contribution in [0.3, 0.4) is 0 Å². The first-order valence-electron chi connectivity index (χ1n) is 6.74. The molecule has 1 aliphatic rings. The number of likely N-dealkylation sites (tertiary alicyclic amines) is 1. The van der Waals surface area contributed by atoms with E-state index in [-0.39, 0.29) is 17.8 Å². The normalized spacial score (nSPS) is 18.3. The summed E-state index contributed by atoms with van der Waals surface area (Å²) < 4.78 is 5.31. The van der Waals surface area contributed by atoms with Gasteiger partial charge in [-0.1, -0.05) is 25.9 Å². The Kier molecular flexibility index (Phi) is 5.77. The summed E-state index contributed by atoms with van der Waals surface area (Å²) >= 11 is 0. The minimum Gasteiger partial charge on any atom is -0.339 e. The molecule has 19 heavy (non-hydrogen) atoms. The third-order valence-electron chi connectivity index (χ3n) is 3.52. The first kappa shape index (κ1) is 16.4. The average Bonchev–Trinajstić information content (AvgIpc) is 2.78. The monoisotopic (exact) mass is 288 g/mol. The van der Waals surface area contributed by atoms with Gasteiger partial charge < -0.3 is 10.3 Å². The molecule has 2 rings (SSSR count). The molecule has 0 aromatic carbocycles. The number of nitrogens with two attached hydrogens (primary N) is 1. The van der Waals surface area contributed by atoms with E-state index in [4.69, 9.17) is 10.3 Å². The lowest BCUT2D eigenvalue weighted by Crippen LogP contribution is -2.35.